The Morgan fingerprint density at radius 2 is 1.88 bits per heavy atom. The molecule has 11 heteroatoms. The van der Waals surface area contributed by atoms with Crippen LogP contribution in [0.2, 0.25) is 0 Å². The van der Waals surface area contributed by atoms with E-state index in [0.717, 1.165) is 0 Å². The van der Waals surface area contributed by atoms with Crippen molar-refractivity contribution in [2.75, 3.05) is 10.0 Å². The molecule has 1 aromatic heterocycles. The van der Waals surface area contributed by atoms with E-state index in [-0.39, 0.29) is 28.5 Å². The number of hydrogen-bond acceptors (Lipinski definition) is 4. The highest BCUT2D eigenvalue weighted by Gasteiger charge is 2.48. The lowest BCUT2D eigenvalue weighted by atomic mass is 10.1. The molecule has 0 amide bonds. The molecule has 0 aliphatic heterocycles. The van der Waals surface area contributed by atoms with Crippen LogP contribution in [-0.4, -0.2) is 23.2 Å². The summed E-state index contributed by atoms with van der Waals surface area (Å²) in [5.41, 5.74) is 0.639. The molecule has 1 aliphatic carbocycles. The molecule has 6 nitrogen and oxygen atoms in total. The van der Waals surface area contributed by atoms with Gasteiger partial charge in [-0.25, -0.2) is 26.6 Å². The molecule has 1 aliphatic rings. The van der Waals surface area contributed by atoms with Crippen molar-refractivity contribution in [3.05, 3.63) is 81.4 Å². The minimum absolute atomic E-state index is 0.0147. The van der Waals surface area contributed by atoms with E-state index in [1.165, 1.54) is 42.7 Å². The van der Waals surface area contributed by atoms with E-state index in [9.17, 15) is 17.2 Å². The molecule has 2 N–H and O–H groups in total. The highest BCUT2D eigenvalue weighted by Crippen LogP contribution is 2.47. The Bertz CT molecular complexity index is 1540. The van der Waals surface area contributed by atoms with Gasteiger partial charge in [0.05, 0.1) is 28.5 Å². The molecule has 1 fully saturated rings. The topological polar surface area (TPSA) is 76.0 Å². The van der Waals surface area contributed by atoms with Gasteiger partial charge in [0.1, 0.15) is 22.8 Å². The summed E-state index contributed by atoms with van der Waals surface area (Å²) in [4.78, 5) is 4.04. The highest BCUT2D eigenvalue weighted by molar-refractivity contribution is 14.1. The molecule has 176 valence electrons. The summed E-state index contributed by atoms with van der Waals surface area (Å²) in [6, 6.07) is 11.6. The number of sulfonamides is 1. The standard InChI is InChI=1S/C23H18F3IN4O2S/c1-31-11-28-23-19(31)10-18(22(21(23)26)29-17-6-5-14(27)8-16(17)25)30-34(32,33)20-9-15(20)12-3-2-4-13(24)7-12/h2-8,10-11,15,20,29-30H,9H2,1H3. The average molecular weight is 598 g/mol. The fourth-order valence-electron chi connectivity index (χ4n) is 3.98. The molecule has 2 atom stereocenters. The molecule has 1 saturated carbocycles. The van der Waals surface area contributed by atoms with Crippen molar-refractivity contribution in [3.8, 4) is 0 Å². The van der Waals surface area contributed by atoms with Gasteiger partial charge in [-0.1, -0.05) is 12.1 Å². The van der Waals surface area contributed by atoms with Gasteiger partial charge in [-0.3, -0.25) is 4.72 Å². The number of fused-ring (bicyclic) bond motifs is 1. The summed E-state index contributed by atoms with van der Waals surface area (Å²) in [6.45, 7) is 0. The molecule has 0 radical (unpaired) electrons. The van der Waals surface area contributed by atoms with Gasteiger partial charge >= 0.3 is 0 Å². The Balaban J connectivity index is 1.53. The maximum atomic E-state index is 15.5. The first-order valence-corrected chi connectivity index (χ1v) is 12.9. The number of halogens is 4. The van der Waals surface area contributed by atoms with Crippen LogP contribution in [0.4, 0.5) is 30.2 Å². The number of aryl methyl sites for hydroxylation is 1. The number of nitrogens with zero attached hydrogens (tertiary/aromatic N) is 2. The number of rotatable bonds is 6. The van der Waals surface area contributed by atoms with Crippen molar-refractivity contribution in [1.29, 1.82) is 0 Å². The molecule has 0 bridgehead atoms. The predicted octanol–water partition coefficient (Wildman–Crippen LogP) is 5.64. The third-order valence-corrected chi connectivity index (χ3v) is 8.30. The van der Waals surface area contributed by atoms with Crippen LogP contribution in [0.3, 0.4) is 0 Å². The van der Waals surface area contributed by atoms with Gasteiger partial charge in [-0.15, -0.1) is 0 Å². The fourth-order valence-corrected chi connectivity index (χ4v) is 6.11. The lowest BCUT2D eigenvalue weighted by molar-refractivity contribution is 0.598. The second-order valence-electron chi connectivity index (χ2n) is 8.17. The minimum atomic E-state index is -3.97. The van der Waals surface area contributed by atoms with Gasteiger partial charge in [0.15, 0.2) is 5.82 Å². The van der Waals surface area contributed by atoms with Crippen molar-refractivity contribution in [2.45, 2.75) is 17.6 Å². The summed E-state index contributed by atoms with van der Waals surface area (Å²) in [5.74, 6) is -2.24. The Labute approximate surface area is 207 Å². The minimum Gasteiger partial charge on any atom is -0.349 e. The van der Waals surface area contributed by atoms with Crippen LogP contribution in [0, 0.1) is 21.0 Å². The Kier molecular flexibility index (Phi) is 5.71. The first-order chi connectivity index (χ1) is 16.1. The van der Waals surface area contributed by atoms with E-state index in [1.807, 2.05) is 22.6 Å². The second kappa shape index (κ2) is 8.45. The van der Waals surface area contributed by atoms with Crippen molar-refractivity contribution >= 4 is 60.7 Å². The van der Waals surface area contributed by atoms with Gasteiger partial charge in [-0.05, 0) is 71.0 Å². The largest absolute Gasteiger partial charge is 0.349 e. The SMILES string of the molecule is Cn1cnc2c(F)c(Nc3ccc(I)cc3F)c(NS(=O)(=O)C3CC3c3cccc(F)c3)cc21. The molecule has 3 aromatic carbocycles. The van der Waals surface area contributed by atoms with Crippen molar-refractivity contribution in [1.82, 2.24) is 9.55 Å². The van der Waals surface area contributed by atoms with E-state index < -0.39 is 32.7 Å². The molecule has 0 spiro atoms. The lowest BCUT2D eigenvalue weighted by Crippen LogP contribution is -2.20. The molecule has 5 rings (SSSR count). The molecule has 34 heavy (non-hydrogen) atoms. The Hall–Kier alpha value is -2.80. The van der Waals surface area contributed by atoms with Gasteiger partial charge in [0, 0.05) is 16.5 Å². The summed E-state index contributed by atoms with van der Waals surface area (Å²) in [6.07, 6.45) is 1.71. The molecule has 0 saturated heterocycles. The smallest absolute Gasteiger partial charge is 0.236 e. The van der Waals surface area contributed by atoms with E-state index in [4.69, 9.17) is 0 Å². The third kappa shape index (κ3) is 4.22. The monoisotopic (exact) mass is 598 g/mol. The molecular weight excluding hydrogens is 580 g/mol. The van der Waals surface area contributed by atoms with Crippen molar-refractivity contribution in [2.24, 2.45) is 7.05 Å². The van der Waals surface area contributed by atoms with Crippen LogP contribution in [-0.2, 0) is 17.1 Å². The summed E-state index contributed by atoms with van der Waals surface area (Å²) in [7, 11) is -2.31. The van der Waals surface area contributed by atoms with Gasteiger partial charge < -0.3 is 9.88 Å². The maximum absolute atomic E-state index is 15.5. The van der Waals surface area contributed by atoms with Gasteiger partial charge in [0.25, 0.3) is 0 Å². The van der Waals surface area contributed by atoms with Crippen molar-refractivity contribution in [3.63, 3.8) is 0 Å². The third-order valence-electron chi connectivity index (χ3n) is 5.81. The summed E-state index contributed by atoms with van der Waals surface area (Å²) < 4.78 is 74.6. The molecular formula is C23H18F3IN4O2S. The zero-order chi connectivity index (χ0) is 24.2. The first-order valence-electron chi connectivity index (χ1n) is 10.3. The number of benzene rings is 3. The fraction of sp³-hybridized carbons (Fsp3) is 0.174. The second-order valence-corrected chi connectivity index (χ2v) is 11.3. The van der Waals surface area contributed by atoms with Gasteiger partial charge in [-0.2, -0.15) is 0 Å². The Morgan fingerprint density at radius 1 is 1.09 bits per heavy atom. The zero-order valence-electron chi connectivity index (χ0n) is 17.7. The van der Waals surface area contributed by atoms with E-state index in [1.54, 1.807) is 23.7 Å². The van der Waals surface area contributed by atoms with E-state index in [2.05, 4.69) is 15.0 Å². The number of hydrogen-bond donors (Lipinski definition) is 2. The molecule has 1 heterocycles. The lowest BCUT2D eigenvalue weighted by Gasteiger charge is -2.17. The number of anilines is 3. The van der Waals surface area contributed by atoms with Crippen LogP contribution in [0.25, 0.3) is 11.0 Å². The quantitative estimate of drug-likeness (QED) is 0.282. The van der Waals surface area contributed by atoms with Crippen molar-refractivity contribution < 1.29 is 21.6 Å². The molecule has 4 aromatic rings. The predicted molar refractivity (Wildman–Crippen MR) is 133 cm³/mol. The number of imidazole rings is 1. The maximum Gasteiger partial charge on any atom is 0.236 e. The highest BCUT2D eigenvalue weighted by atomic mass is 127. The normalized spacial score (nSPS) is 17.7. The van der Waals surface area contributed by atoms with E-state index in [0.29, 0.717) is 21.1 Å². The van der Waals surface area contributed by atoms with Gasteiger partial charge in [0.2, 0.25) is 10.0 Å². The average Bonchev–Trinajstić information content (AvgIpc) is 3.51. The Morgan fingerprint density at radius 3 is 2.62 bits per heavy atom. The zero-order valence-corrected chi connectivity index (χ0v) is 20.7. The number of nitrogens with one attached hydrogen (secondary N) is 2. The first kappa shape index (κ1) is 23.0. The summed E-state index contributed by atoms with van der Waals surface area (Å²) >= 11 is 1.95. The summed E-state index contributed by atoms with van der Waals surface area (Å²) in [5, 5.41) is 1.89. The van der Waals surface area contributed by atoms with Crippen LogP contribution in [0.15, 0.2) is 54.9 Å². The van der Waals surface area contributed by atoms with Crippen LogP contribution in [0.5, 0.6) is 0 Å². The number of aromatic nitrogens is 2. The molecule has 2 unspecified atom stereocenters. The van der Waals surface area contributed by atoms with Crippen LogP contribution < -0.4 is 10.0 Å². The van der Waals surface area contributed by atoms with Crippen LogP contribution >= 0.6 is 22.6 Å². The van der Waals surface area contributed by atoms with E-state index >= 15 is 4.39 Å². The van der Waals surface area contributed by atoms with Crippen LogP contribution in [0.1, 0.15) is 17.9 Å².